The summed E-state index contributed by atoms with van der Waals surface area (Å²) in [5.41, 5.74) is 0.167. The van der Waals surface area contributed by atoms with E-state index >= 15 is 0 Å². The molecule has 0 aliphatic heterocycles. The van der Waals surface area contributed by atoms with Crippen molar-refractivity contribution in [2.24, 2.45) is 0 Å². The molecule has 0 saturated carbocycles. The van der Waals surface area contributed by atoms with E-state index in [1.165, 1.54) is 30.3 Å². The normalized spacial score (nSPS) is 12.8. The molecule has 1 amide bonds. The highest BCUT2D eigenvalue weighted by Gasteiger charge is 2.18. The van der Waals surface area contributed by atoms with Crippen LogP contribution in [0, 0.1) is 5.82 Å². The van der Waals surface area contributed by atoms with Crippen molar-refractivity contribution in [3.63, 3.8) is 0 Å². The zero-order chi connectivity index (χ0) is 24.9. The number of aromatic nitrogens is 2. The highest BCUT2D eigenvalue weighted by atomic mass is 32.3. The first-order chi connectivity index (χ1) is 16.1. The second-order valence-electron chi connectivity index (χ2n) is 7.46. The Balaban J connectivity index is 1.90. The van der Waals surface area contributed by atoms with Gasteiger partial charge in [-0.15, -0.1) is 0 Å². The molecule has 0 unspecified atom stereocenters. The topological polar surface area (TPSA) is 126 Å². The Bertz CT molecular complexity index is 1150. The van der Waals surface area contributed by atoms with Gasteiger partial charge in [-0.3, -0.25) is 18.6 Å². The predicted molar refractivity (Wildman–Crippen MR) is 128 cm³/mol. The van der Waals surface area contributed by atoms with Gasteiger partial charge in [0, 0.05) is 42.3 Å². The largest absolute Gasteiger partial charge is 0.488 e. The van der Waals surface area contributed by atoms with Crippen LogP contribution < -0.4 is 14.8 Å². The van der Waals surface area contributed by atoms with Gasteiger partial charge in [-0.05, 0) is 45.0 Å². The summed E-state index contributed by atoms with van der Waals surface area (Å²) in [7, 11) is -3.08. The number of nitrogens with one attached hydrogen (secondary N) is 1. The Morgan fingerprint density at radius 1 is 1.18 bits per heavy atom. The molecule has 0 aliphatic rings. The summed E-state index contributed by atoms with van der Waals surface area (Å²) < 4.78 is 47.7. The number of aliphatic hydroxyl groups excluding tert-OH is 1. The van der Waals surface area contributed by atoms with Crippen molar-refractivity contribution in [3.8, 4) is 17.2 Å². The van der Waals surface area contributed by atoms with Crippen LogP contribution in [0.3, 0.4) is 0 Å². The maximum Gasteiger partial charge on any atom is 0.257 e. The van der Waals surface area contributed by atoms with Crippen LogP contribution in [0.2, 0.25) is 0 Å². The van der Waals surface area contributed by atoms with Crippen molar-refractivity contribution in [3.05, 3.63) is 60.0 Å². The van der Waals surface area contributed by atoms with E-state index in [4.69, 9.17) is 9.47 Å². The van der Waals surface area contributed by atoms with E-state index in [2.05, 4.69) is 10.4 Å². The Hall–Kier alpha value is -3.12. The molecule has 0 aliphatic carbocycles. The fraction of sp³-hybridized carbons (Fsp3) is 0.304. The van der Waals surface area contributed by atoms with E-state index in [9.17, 15) is 23.4 Å². The number of aliphatic hydroxyl groups is 1. The number of nitrogens with zero attached hydrogens (tertiary/aromatic N) is 2. The monoisotopic (exact) mass is 493 g/mol. The molecule has 184 valence electrons. The lowest BCUT2D eigenvalue weighted by molar-refractivity contribution is 0.102. The van der Waals surface area contributed by atoms with Gasteiger partial charge in [-0.1, -0.05) is 0 Å². The van der Waals surface area contributed by atoms with E-state index in [1.54, 1.807) is 30.8 Å². The number of rotatable bonds is 10. The molecule has 1 heterocycles. The molecule has 3 aromatic rings. The molecule has 4 N–H and O–H groups in total. The molecule has 0 radical (unpaired) electrons. The van der Waals surface area contributed by atoms with Crippen molar-refractivity contribution < 1.29 is 32.9 Å². The molecule has 2 aromatic carbocycles. The molecule has 3 rings (SSSR count). The summed E-state index contributed by atoms with van der Waals surface area (Å²) in [5, 5.41) is 16.2. The Morgan fingerprint density at radius 3 is 2.53 bits per heavy atom. The number of aryl methyl sites for hydroxylation is 1. The van der Waals surface area contributed by atoms with Crippen LogP contribution in [0.5, 0.6) is 17.2 Å². The van der Waals surface area contributed by atoms with Gasteiger partial charge in [-0.25, -0.2) is 4.39 Å². The number of carbonyl (C=O) groups excluding carboxylic acids is 1. The molecule has 34 heavy (non-hydrogen) atoms. The summed E-state index contributed by atoms with van der Waals surface area (Å²) in [4.78, 5) is 12.9. The average molecular weight is 494 g/mol. The minimum atomic E-state index is -3.08. The van der Waals surface area contributed by atoms with Crippen molar-refractivity contribution in [1.29, 1.82) is 0 Å². The third-order valence-corrected chi connectivity index (χ3v) is 6.67. The van der Waals surface area contributed by atoms with Gasteiger partial charge in [-0.2, -0.15) is 15.7 Å². The van der Waals surface area contributed by atoms with Crippen LogP contribution in [0.15, 0.2) is 53.6 Å². The van der Waals surface area contributed by atoms with E-state index in [0.717, 1.165) is 6.07 Å². The van der Waals surface area contributed by atoms with Gasteiger partial charge in [0.1, 0.15) is 17.6 Å². The molecule has 0 saturated heterocycles. The van der Waals surface area contributed by atoms with Crippen molar-refractivity contribution in [2.75, 3.05) is 17.7 Å². The molecule has 0 spiro atoms. The number of ether oxygens (including phenoxy) is 2. The van der Waals surface area contributed by atoms with Crippen molar-refractivity contribution in [2.45, 2.75) is 38.3 Å². The van der Waals surface area contributed by atoms with Gasteiger partial charge in [0.2, 0.25) is 0 Å². The third kappa shape index (κ3) is 6.26. The van der Waals surface area contributed by atoms with E-state index < -0.39 is 28.4 Å². The number of anilines is 1. The Kier molecular flexibility index (Phi) is 8.15. The highest BCUT2D eigenvalue weighted by Crippen LogP contribution is 2.48. The van der Waals surface area contributed by atoms with Gasteiger partial charge in [0.15, 0.2) is 17.4 Å². The smallest absolute Gasteiger partial charge is 0.257 e. The van der Waals surface area contributed by atoms with Crippen LogP contribution in [0.25, 0.3) is 0 Å². The van der Waals surface area contributed by atoms with E-state index in [0.29, 0.717) is 12.4 Å². The average Bonchev–Trinajstić information content (AvgIpc) is 3.27. The highest BCUT2D eigenvalue weighted by molar-refractivity contribution is 8.24. The first-order valence-corrected chi connectivity index (χ1v) is 12.4. The third-order valence-electron chi connectivity index (χ3n) is 4.85. The summed E-state index contributed by atoms with van der Waals surface area (Å²) in [6.07, 6.45) is 1.17. The van der Waals surface area contributed by atoms with Crippen molar-refractivity contribution in [1.82, 2.24) is 9.78 Å². The van der Waals surface area contributed by atoms with Gasteiger partial charge < -0.3 is 19.9 Å². The first kappa shape index (κ1) is 25.5. The number of carbonyl (C=O) groups is 1. The fourth-order valence-corrected chi connectivity index (χ4v) is 3.87. The Labute approximate surface area is 198 Å². The number of hydrogen-bond donors (Lipinski definition) is 4. The minimum Gasteiger partial charge on any atom is -0.488 e. The molecule has 0 fully saturated rings. The molecule has 11 heteroatoms. The quantitative estimate of drug-likeness (QED) is 0.314. The van der Waals surface area contributed by atoms with Gasteiger partial charge in [0.05, 0.1) is 11.5 Å². The second-order valence-corrected chi connectivity index (χ2v) is 9.85. The fourth-order valence-electron chi connectivity index (χ4n) is 2.95. The van der Waals surface area contributed by atoms with E-state index in [-0.39, 0.29) is 40.1 Å². The molecule has 1 aromatic heterocycles. The van der Waals surface area contributed by atoms with Crippen LogP contribution in [-0.4, -0.2) is 48.4 Å². The van der Waals surface area contributed by atoms with Crippen molar-refractivity contribution >= 4 is 22.3 Å². The number of amides is 1. The first-order valence-electron chi connectivity index (χ1n) is 10.7. The van der Waals surface area contributed by atoms with Crippen LogP contribution in [0.1, 0.15) is 31.1 Å². The zero-order valence-electron chi connectivity index (χ0n) is 19.1. The summed E-state index contributed by atoms with van der Waals surface area (Å²) in [5.74, 6) is -0.681. The van der Waals surface area contributed by atoms with Gasteiger partial charge in [0.25, 0.3) is 5.91 Å². The molecular weight excluding hydrogens is 465 g/mol. The maximum atomic E-state index is 14.7. The summed E-state index contributed by atoms with van der Waals surface area (Å²) in [6, 6.07) is 9.68. The predicted octanol–water partition coefficient (Wildman–Crippen LogP) is 4.98. The minimum absolute atomic E-state index is 0.0596. The van der Waals surface area contributed by atoms with Crippen LogP contribution >= 0.6 is 10.6 Å². The molecule has 1 atom stereocenters. The number of benzene rings is 2. The molecule has 9 nitrogen and oxygen atoms in total. The second kappa shape index (κ2) is 10.9. The Morgan fingerprint density at radius 2 is 1.91 bits per heavy atom. The number of halogens is 1. The summed E-state index contributed by atoms with van der Waals surface area (Å²) >= 11 is 0. The number of hydrogen-bond acceptors (Lipinski definition) is 7. The lowest BCUT2D eigenvalue weighted by Gasteiger charge is -2.30. The maximum absolute atomic E-state index is 14.7. The molecular formula is C23H28FN3O6S. The summed E-state index contributed by atoms with van der Waals surface area (Å²) in [6.45, 7) is 5.56. The van der Waals surface area contributed by atoms with Gasteiger partial charge >= 0.3 is 0 Å². The lowest BCUT2D eigenvalue weighted by atomic mass is 10.2. The molecule has 0 bridgehead atoms. The van der Waals surface area contributed by atoms with E-state index in [1.807, 2.05) is 6.92 Å². The SMILES string of the molecule is CCn1ccc(NC(=O)c2cc(Oc3ccc(S(O)(O)CC)cc3F)cc(O[C@@H](C)CO)c2)n1. The van der Waals surface area contributed by atoms with Crippen LogP contribution in [-0.2, 0) is 6.54 Å². The van der Waals surface area contributed by atoms with Crippen LogP contribution in [0.4, 0.5) is 10.2 Å². The zero-order valence-corrected chi connectivity index (χ0v) is 19.9. The lowest BCUT2D eigenvalue weighted by Crippen LogP contribution is -2.17. The standard InChI is InChI=1S/C23H28FN3O6S/c1-4-27-9-8-22(26-27)25-23(29)16-10-17(32-15(3)14-28)12-18(11-16)33-21-7-6-19(13-20(21)24)34(30,31)5-2/h6-13,15,28,30-31H,4-5,14H2,1-3H3,(H,25,26,29)/t15-/m0/s1.